The van der Waals surface area contributed by atoms with E-state index in [1.807, 2.05) is 6.92 Å². The molecule has 2 fully saturated rings. The van der Waals surface area contributed by atoms with Crippen LogP contribution in [0.4, 0.5) is 0 Å². The third-order valence-electron chi connectivity index (χ3n) is 6.16. The second kappa shape index (κ2) is 7.82. The molecule has 0 aromatic carbocycles. The summed E-state index contributed by atoms with van der Waals surface area (Å²) in [5, 5.41) is 6.92. The quantitative estimate of drug-likeness (QED) is 0.477. The lowest BCUT2D eigenvalue weighted by Crippen LogP contribution is -2.65. The molecule has 2 saturated carbocycles. The van der Waals surface area contributed by atoms with Crippen LogP contribution in [0.3, 0.4) is 0 Å². The summed E-state index contributed by atoms with van der Waals surface area (Å²) in [6.45, 7) is 7.91. The highest BCUT2D eigenvalue weighted by molar-refractivity contribution is 7.90. The SMILES string of the molecule is CCOC1CC(NC(=NC)NCC2(CS(C)(=O)=O)CC2)C1(CC)CC. The summed E-state index contributed by atoms with van der Waals surface area (Å²) in [5.41, 5.74) is 0.0446. The minimum absolute atomic E-state index is 0.106. The van der Waals surface area contributed by atoms with Crippen LogP contribution >= 0.6 is 0 Å². The molecule has 2 atom stereocenters. The van der Waals surface area contributed by atoms with E-state index in [0.717, 1.165) is 44.7 Å². The molecule has 2 N–H and O–H groups in total. The Morgan fingerprint density at radius 1 is 1.24 bits per heavy atom. The predicted molar refractivity (Wildman–Crippen MR) is 103 cm³/mol. The number of aliphatic imine (C=N–C) groups is 1. The monoisotopic (exact) mass is 373 g/mol. The first-order valence-corrected chi connectivity index (χ1v) is 11.6. The highest BCUT2D eigenvalue weighted by Crippen LogP contribution is 2.49. The van der Waals surface area contributed by atoms with Crippen LogP contribution in [0.25, 0.3) is 0 Å². The zero-order valence-corrected chi connectivity index (χ0v) is 17.2. The van der Waals surface area contributed by atoms with Gasteiger partial charge >= 0.3 is 0 Å². The number of nitrogens with zero attached hydrogens (tertiary/aromatic N) is 1. The van der Waals surface area contributed by atoms with E-state index >= 15 is 0 Å². The van der Waals surface area contributed by atoms with Crippen molar-refractivity contribution < 1.29 is 13.2 Å². The van der Waals surface area contributed by atoms with E-state index in [1.54, 1.807) is 7.05 Å². The average Bonchev–Trinajstić information content (AvgIpc) is 3.28. The zero-order valence-electron chi connectivity index (χ0n) is 16.4. The molecule has 2 rings (SSSR count). The van der Waals surface area contributed by atoms with Gasteiger partial charge in [0.15, 0.2) is 5.96 Å². The van der Waals surface area contributed by atoms with E-state index in [9.17, 15) is 8.42 Å². The van der Waals surface area contributed by atoms with Gasteiger partial charge in [0, 0.05) is 43.3 Å². The van der Waals surface area contributed by atoms with Crippen LogP contribution < -0.4 is 10.6 Å². The van der Waals surface area contributed by atoms with E-state index in [4.69, 9.17) is 4.74 Å². The van der Waals surface area contributed by atoms with Crippen molar-refractivity contribution in [3.63, 3.8) is 0 Å². The molecule has 2 aliphatic carbocycles. The maximum atomic E-state index is 11.6. The van der Waals surface area contributed by atoms with Crippen LogP contribution in [0, 0.1) is 10.8 Å². The second-order valence-electron chi connectivity index (χ2n) is 7.81. The standard InChI is InChI=1S/C18H35N3O3S/c1-6-18(7-2)14(11-15(18)24-8-3)21-16(19-4)20-12-17(9-10-17)13-25(5,22)23/h14-15H,6-13H2,1-5H3,(H2,19,20,21). The van der Waals surface area contributed by atoms with Crippen molar-refractivity contribution in [3.05, 3.63) is 0 Å². The summed E-state index contributed by atoms with van der Waals surface area (Å²) in [6.07, 6.45) is 6.69. The minimum atomic E-state index is -2.95. The van der Waals surface area contributed by atoms with Crippen molar-refractivity contribution in [2.75, 3.05) is 32.2 Å². The summed E-state index contributed by atoms with van der Waals surface area (Å²) in [5.74, 6) is 1.03. The molecule has 0 aliphatic heterocycles. The Labute approximate surface area is 153 Å². The highest BCUT2D eigenvalue weighted by Gasteiger charge is 2.53. The van der Waals surface area contributed by atoms with Gasteiger partial charge in [0.1, 0.15) is 9.84 Å². The largest absolute Gasteiger partial charge is 0.378 e. The molecule has 2 unspecified atom stereocenters. The van der Waals surface area contributed by atoms with E-state index in [1.165, 1.54) is 6.26 Å². The van der Waals surface area contributed by atoms with Crippen molar-refractivity contribution in [3.8, 4) is 0 Å². The van der Waals surface area contributed by atoms with E-state index in [0.29, 0.717) is 18.7 Å². The Morgan fingerprint density at radius 2 is 1.88 bits per heavy atom. The van der Waals surface area contributed by atoms with Crippen LogP contribution in [-0.4, -0.2) is 58.7 Å². The van der Waals surface area contributed by atoms with Crippen LogP contribution in [0.2, 0.25) is 0 Å². The lowest BCUT2D eigenvalue weighted by atomic mass is 9.58. The number of hydrogen-bond donors (Lipinski definition) is 2. The van der Waals surface area contributed by atoms with Crippen molar-refractivity contribution in [1.29, 1.82) is 0 Å². The fraction of sp³-hybridized carbons (Fsp3) is 0.944. The summed E-state index contributed by atoms with van der Waals surface area (Å²) >= 11 is 0. The fourth-order valence-electron chi connectivity index (χ4n) is 4.32. The van der Waals surface area contributed by atoms with Crippen molar-refractivity contribution in [2.24, 2.45) is 15.8 Å². The zero-order chi connectivity index (χ0) is 18.7. The molecule has 7 heteroatoms. The Morgan fingerprint density at radius 3 is 2.32 bits per heavy atom. The van der Waals surface area contributed by atoms with Gasteiger partial charge in [0.05, 0.1) is 11.9 Å². The predicted octanol–water partition coefficient (Wildman–Crippen LogP) is 1.96. The van der Waals surface area contributed by atoms with Crippen LogP contribution in [-0.2, 0) is 14.6 Å². The highest BCUT2D eigenvalue weighted by atomic mass is 32.2. The summed E-state index contributed by atoms with van der Waals surface area (Å²) in [4.78, 5) is 4.35. The van der Waals surface area contributed by atoms with Gasteiger partial charge in [-0.05, 0) is 39.0 Å². The maximum Gasteiger partial charge on any atom is 0.191 e. The van der Waals surface area contributed by atoms with Crippen molar-refractivity contribution >= 4 is 15.8 Å². The van der Waals surface area contributed by atoms with Gasteiger partial charge in [-0.25, -0.2) is 8.42 Å². The Hall–Kier alpha value is -0.820. The lowest BCUT2D eigenvalue weighted by Gasteiger charge is -2.55. The van der Waals surface area contributed by atoms with E-state index in [-0.39, 0.29) is 16.6 Å². The second-order valence-corrected chi connectivity index (χ2v) is 9.95. The summed E-state index contributed by atoms with van der Waals surface area (Å²) < 4.78 is 29.1. The smallest absolute Gasteiger partial charge is 0.191 e. The number of sulfone groups is 1. The third kappa shape index (κ3) is 4.67. The molecule has 25 heavy (non-hydrogen) atoms. The Kier molecular flexibility index (Phi) is 6.41. The molecule has 0 radical (unpaired) electrons. The minimum Gasteiger partial charge on any atom is -0.378 e. The molecule has 0 amide bonds. The van der Waals surface area contributed by atoms with Crippen molar-refractivity contribution in [2.45, 2.75) is 65.0 Å². The molecule has 0 spiro atoms. The van der Waals surface area contributed by atoms with Crippen molar-refractivity contribution in [1.82, 2.24) is 10.6 Å². The summed E-state index contributed by atoms with van der Waals surface area (Å²) in [7, 11) is -1.18. The molecule has 2 aliphatic rings. The van der Waals surface area contributed by atoms with Gasteiger partial charge in [-0.15, -0.1) is 0 Å². The summed E-state index contributed by atoms with van der Waals surface area (Å²) in [6, 6.07) is 0.343. The topological polar surface area (TPSA) is 79.8 Å². The van der Waals surface area contributed by atoms with Gasteiger partial charge in [-0.2, -0.15) is 0 Å². The van der Waals surface area contributed by atoms with Gasteiger partial charge in [-0.3, -0.25) is 4.99 Å². The first-order valence-electron chi connectivity index (χ1n) is 9.50. The Balaban J connectivity index is 1.92. The fourth-order valence-corrected chi connectivity index (χ4v) is 5.82. The van der Waals surface area contributed by atoms with Gasteiger partial charge in [-0.1, -0.05) is 13.8 Å². The van der Waals surface area contributed by atoms with E-state index < -0.39 is 9.84 Å². The lowest BCUT2D eigenvalue weighted by molar-refractivity contribution is -0.133. The van der Waals surface area contributed by atoms with Crippen LogP contribution in [0.5, 0.6) is 0 Å². The van der Waals surface area contributed by atoms with Crippen LogP contribution in [0.15, 0.2) is 4.99 Å². The first kappa shape index (κ1) is 20.5. The van der Waals surface area contributed by atoms with Crippen LogP contribution in [0.1, 0.15) is 52.9 Å². The Bertz CT molecular complexity index is 580. The van der Waals surface area contributed by atoms with Gasteiger partial charge < -0.3 is 15.4 Å². The first-order chi connectivity index (χ1) is 11.7. The molecule has 0 saturated heterocycles. The van der Waals surface area contributed by atoms with E-state index in [2.05, 4.69) is 29.5 Å². The number of guanidine groups is 1. The molecule has 0 heterocycles. The molecular weight excluding hydrogens is 338 g/mol. The number of rotatable bonds is 9. The van der Waals surface area contributed by atoms with Gasteiger partial charge in [0.2, 0.25) is 0 Å². The number of nitrogens with one attached hydrogen (secondary N) is 2. The van der Waals surface area contributed by atoms with Gasteiger partial charge in [0.25, 0.3) is 0 Å². The normalized spacial score (nSPS) is 27.5. The molecule has 0 aromatic heterocycles. The molecule has 0 bridgehead atoms. The molecule has 0 aromatic rings. The molecule has 6 nitrogen and oxygen atoms in total. The average molecular weight is 374 g/mol. The number of hydrogen-bond acceptors (Lipinski definition) is 4. The molecular formula is C18H35N3O3S. The molecule has 146 valence electrons. The third-order valence-corrected chi connectivity index (χ3v) is 7.30. The number of ether oxygens (including phenoxy) is 1. The maximum absolute atomic E-state index is 11.6.